The number of hydrogen-bond acceptors (Lipinski definition) is 3. The zero-order valence-corrected chi connectivity index (χ0v) is 15.8. The van der Waals surface area contributed by atoms with E-state index in [1.807, 2.05) is 25.1 Å². The van der Waals surface area contributed by atoms with Crippen LogP contribution in [0.1, 0.15) is 25.1 Å². The zero-order chi connectivity index (χ0) is 18.8. The Morgan fingerprint density at radius 2 is 1.85 bits per heavy atom. The van der Waals surface area contributed by atoms with E-state index in [-0.39, 0.29) is 16.8 Å². The largest absolute Gasteiger partial charge is 0.373 e. The van der Waals surface area contributed by atoms with Crippen molar-refractivity contribution in [3.8, 4) is 11.3 Å². The number of ether oxygens (including phenoxy) is 1. The molecule has 0 aliphatic carbocycles. The summed E-state index contributed by atoms with van der Waals surface area (Å²) >= 11 is 0. The molecule has 1 aliphatic heterocycles. The second-order valence-electron chi connectivity index (χ2n) is 7.73. The molecule has 1 aromatic carbocycles. The maximum atomic E-state index is 13.1. The highest BCUT2D eigenvalue weighted by atomic mass is 16.5. The summed E-state index contributed by atoms with van der Waals surface area (Å²) in [6.45, 7) is 7.15. The van der Waals surface area contributed by atoms with E-state index < -0.39 is 0 Å². The number of aromatic nitrogens is 3. The van der Waals surface area contributed by atoms with Crippen LogP contribution in [0.2, 0.25) is 0 Å². The predicted octanol–water partition coefficient (Wildman–Crippen LogP) is 2.28. The first-order valence-electron chi connectivity index (χ1n) is 8.72. The van der Waals surface area contributed by atoms with Crippen LogP contribution in [0.25, 0.3) is 22.2 Å². The monoisotopic (exact) mass is 353 g/mol. The third-order valence-electron chi connectivity index (χ3n) is 5.26. The summed E-state index contributed by atoms with van der Waals surface area (Å²) in [7, 11) is 3.25. The molecule has 0 radical (unpaired) electrons. The third kappa shape index (κ3) is 2.15. The first-order chi connectivity index (χ1) is 12.2. The molecular formula is C20H23N3O3. The Kier molecular flexibility index (Phi) is 3.53. The molecule has 0 atom stereocenters. The average Bonchev–Trinajstić information content (AvgIpc) is 2.95. The summed E-state index contributed by atoms with van der Waals surface area (Å²) in [5, 5.41) is 0.578. The van der Waals surface area contributed by atoms with Gasteiger partial charge in [-0.05, 0) is 32.4 Å². The summed E-state index contributed by atoms with van der Waals surface area (Å²) in [6, 6.07) is 8.13. The molecule has 4 rings (SSSR count). The van der Waals surface area contributed by atoms with Crippen molar-refractivity contribution in [1.29, 1.82) is 0 Å². The Morgan fingerprint density at radius 1 is 1.12 bits per heavy atom. The van der Waals surface area contributed by atoms with Crippen molar-refractivity contribution in [2.24, 2.45) is 14.1 Å². The SMILES string of the molecule is Cc1cccc(-c2c3c(=O)n(C)c(=O)n(C)c3c3n2C(C)(C)COC3)c1. The molecule has 0 N–H and O–H groups in total. The summed E-state index contributed by atoms with van der Waals surface area (Å²) in [4.78, 5) is 25.6. The van der Waals surface area contributed by atoms with E-state index in [0.717, 1.165) is 22.5 Å². The van der Waals surface area contributed by atoms with E-state index in [0.29, 0.717) is 24.1 Å². The third-order valence-corrected chi connectivity index (χ3v) is 5.26. The van der Waals surface area contributed by atoms with Crippen LogP contribution < -0.4 is 11.2 Å². The first kappa shape index (κ1) is 16.8. The van der Waals surface area contributed by atoms with E-state index in [1.54, 1.807) is 11.6 Å². The van der Waals surface area contributed by atoms with Crippen molar-refractivity contribution in [2.45, 2.75) is 32.9 Å². The number of aryl methyl sites for hydroxylation is 2. The van der Waals surface area contributed by atoms with Gasteiger partial charge in [-0.3, -0.25) is 13.9 Å². The molecule has 3 aromatic rings. The maximum Gasteiger partial charge on any atom is 0.331 e. The molecule has 0 spiro atoms. The highest BCUT2D eigenvalue weighted by molar-refractivity contribution is 5.96. The van der Waals surface area contributed by atoms with Crippen molar-refractivity contribution >= 4 is 10.9 Å². The van der Waals surface area contributed by atoms with E-state index in [1.165, 1.54) is 11.6 Å². The van der Waals surface area contributed by atoms with Crippen LogP contribution in [0.3, 0.4) is 0 Å². The van der Waals surface area contributed by atoms with Gasteiger partial charge >= 0.3 is 5.69 Å². The molecule has 136 valence electrons. The van der Waals surface area contributed by atoms with Gasteiger partial charge in [-0.1, -0.05) is 23.8 Å². The minimum absolute atomic E-state index is 0.266. The van der Waals surface area contributed by atoms with E-state index in [9.17, 15) is 9.59 Å². The second kappa shape index (κ2) is 5.45. The van der Waals surface area contributed by atoms with Gasteiger partial charge in [0.05, 0.1) is 41.0 Å². The Morgan fingerprint density at radius 3 is 2.54 bits per heavy atom. The molecule has 26 heavy (non-hydrogen) atoms. The molecule has 0 bridgehead atoms. The number of rotatable bonds is 1. The van der Waals surface area contributed by atoms with Gasteiger partial charge in [0, 0.05) is 14.1 Å². The van der Waals surface area contributed by atoms with Crippen LogP contribution in [-0.4, -0.2) is 20.3 Å². The standard InChI is InChI=1S/C20H23N3O3/c1-12-7-6-8-13(9-12)16-15-17(21(4)19(25)22(5)18(15)24)14-10-26-11-20(2,3)23(14)16/h6-9H,10-11H2,1-5H3. The fourth-order valence-electron chi connectivity index (χ4n) is 4.08. The summed E-state index contributed by atoms with van der Waals surface area (Å²) < 4.78 is 10.7. The van der Waals surface area contributed by atoms with Crippen LogP contribution in [-0.2, 0) is 31.0 Å². The zero-order valence-electron chi connectivity index (χ0n) is 15.8. The Bertz CT molecular complexity index is 1160. The molecule has 6 heteroatoms. The lowest BCUT2D eigenvalue weighted by molar-refractivity contribution is 0.0228. The number of fused-ring (bicyclic) bond motifs is 3. The topological polar surface area (TPSA) is 58.2 Å². The highest BCUT2D eigenvalue weighted by Crippen LogP contribution is 2.39. The van der Waals surface area contributed by atoms with Gasteiger partial charge in [-0.15, -0.1) is 0 Å². The normalized spacial score (nSPS) is 16.0. The molecule has 0 saturated carbocycles. The lowest BCUT2D eigenvalue weighted by Crippen LogP contribution is -2.38. The lowest BCUT2D eigenvalue weighted by atomic mass is 10.0. The summed E-state index contributed by atoms with van der Waals surface area (Å²) in [6.07, 6.45) is 0. The van der Waals surface area contributed by atoms with E-state index in [2.05, 4.69) is 24.5 Å². The van der Waals surface area contributed by atoms with E-state index >= 15 is 0 Å². The number of benzene rings is 1. The maximum absolute atomic E-state index is 13.1. The lowest BCUT2D eigenvalue weighted by Gasteiger charge is -2.35. The molecule has 0 unspecified atom stereocenters. The molecule has 0 amide bonds. The summed E-state index contributed by atoms with van der Waals surface area (Å²) in [5.74, 6) is 0. The van der Waals surface area contributed by atoms with Crippen LogP contribution in [0.4, 0.5) is 0 Å². The fraction of sp³-hybridized carbons (Fsp3) is 0.400. The van der Waals surface area contributed by atoms with Gasteiger partial charge in [0.15, 0.2) is 0 Å². The molecular weight excluding hydrogens is 330 g/mol. The number of hydrogen-bond donors (Lipinski definition) is 0. The second-order valence-corrected chi connectivity index (χ2v) is 7.73. The van der Waals surface area contributed by atoms with Crippen molar-refractivity contribution in [3.63, 3.8) is 0 Å². The Balaban J connectivity index is 2.31. The highest BCUT2D eigenvalue weighted by Gasteiger charge is 2.35. The van der Waals surface area contributed by atoms with Crippen molar-refractivity contribution in [3.05, 3.63) is 56.4 Å². The van der Waals surface area contributed by atoms with Crippen LogP contribution in [0, 0.1) is 6.92 Å². The Hall–Kier alpha value is -2.60. The minimum atomic E-state index is -0.327. The fourth-order valence-corrected chi connectivity index (χ4v) is 4.08. The van der Waals surface area contributed by atoms with Crippen molar-refractivity contribution < 1.29 is 4.74 Å². The minimum Gasteiger partial charge on any atom is -0.373 e. The molecule has 1 aliphatic rings. The first-order valence-corrected chi connectivity index (χ1v) is 8.72. The van der Waals surface area contributed by atoms with Gasteiger partial charge in [-0.2, -0.15) is 0 Å². The van der Waals surface area contributed by atoms with Gasteiger partial charge < -0.3 is 9.30 Å². The van der Waals surface area contributed by atoms with Crippen molar-refractivity contribution in [1.82, 2.24) is 13.7 Å². The average molecular weight is 353 g/mol. The molecule has 2 aromatic heterocycles. The molecule has 3 heterocycles. The number of nitrogens with zero attached hydrogens (tertiary/aromatic N) is 3. The van der Waals surface area contributed by atoms with Crippen LogP contribution in [0.15, 0.2) is 33.9 Å². The smallest absolute Gasteiger partial charge is 0.331 e. The quantitative estimate of drug-likeness (QED) is 0.674. The molecule has 6 nitrogen and oxygen atoms in total. The van der Waals surface area contributed by atoms with Gasteiger partial charge in [0.1, 0.15) is 0 Å². The van der Waals surface area contributed by atoms with Gasteiger partial charge in [0.2, 0.25) is 0 Å². The van der Waals surface area contributed by atoms with Crippen LogP contribution in [0.5, 0.6) is 0 Å². The van der Waals surface area contributed by atoms with E-state index in [4.69, 9.17) is 4.74 Å². The Labute approximate surface area is 151 Å². The van der Waals surface area contributed by atoms with Crippen molar-refractivity contribution in [2.75, 3.05) is 6.61 Å². The predicted molar refractivity (Wildman–Crippen MR) is 102 cm³/mol. The molecule has 0 fully saturated rings. The molecule has 0 saturated heterocycles. The summed E-state index contributed by atoms with van der Waals surface area (Å²) in [5.41, 5.74) is 3.60. The van der Waals surface area contributed by atoms with Gasteiger partial charge in [0.25, 0.3) is 5.56 Å². The van der Waals surface area contributed by atoms with Gasteiger partial charge in [-0.25, -0.2) is 4.79 Å². The van der Waals surface area contributed by atoms with Crippen LogP contribution >= 0.6 is 0 Å².